The van der Waals surface area contributed by atoms with Gasteiger partial charge in [0.15, 0.2) is 0 Å². The second kappa shape index (κ2) is 8.50. The van der Waals surface area contributed by atoms with E-state index in [1.165, 1.54) is 0 Å². The number of carbonyl (C=O) groups excluding carboxylic acids is 1. The molecule has 1 amide bonds. The number of hydrogen-bond donors (Lipinski definition) is 1. The minimum absolute atomic E-state index is 0.0387. The number of fused-ring (bicyclic) bond motifs is 1. The van der Waals surface area contributed by atoms with Gasteiger partial charge in [-0.1, -0.05) is 35.9 Å². The molecule has 3 aromatic rings. The summed E-state index contributed by atoms with van der Waals surface area (Å²) in [5.41, 5.74) is 3.89. The number of benzene rings is 2. The van der Waals surface area contributed by atoms with Crippen LogP contribution >= 0.6 is 11.6 Å². The number of rotatable bonds is 5. The van der Waals surface area contributed by atoms with Gasteiger partial charge in [-0.25, -0.2) is 4.98 Å². The summed E-state index contributed by atoms with van der Waals surface area (Å²) in [5.74, 6) is 0.818. The summed E-state index contributed by atoms with van der Waals surface area (Å²) in [6.07, 6.45) is 2.45. The lowest BCUT2D eigenvalue weighted by atomic mass is 9.93. The molecule has 2 atom stereocenters. The highest BCUT2D eigenvalue weighted by molar-refractivity contribution is 6.30. The Bertz CT molecular complexity index is 1010. The summed E-state index contributed by atoms with van der Waals surface area (Å²) in [7, 11) is 5.48. The van der Waals surface area contributed by atoms with E-state index in [0.29, 0.717) is 11.6 Å². The fourth-order valence-electron chi connectivity index (χ4n) is 4.10. The molecule has 1 N–H and O–H groups in total. The minimum Gasteiger partial charge on any atom is -0.497 e. The Labute approximate surface area is 181 Å². The second-order valence-corrected chi connectivity index (χ2v) is 8.08. The molecule has 1 aromatic heterocycles. The van der Waals surface area contributed by atoms with Crippen molar-refractivity contribution in [2.45, 2.75) is 18.5 Å². The summed E-state index contributed by atoms with van der Waals surface area (Å²) in [6.45, 7) is 0.614. The highest BCUT2D eigenvalue weighted by atomic mass is 35.5. The van der Waals surface area contributed by atoms with Gasteiger partial charge in [0.2, 0.25) is 5.91 Å². The Morgan fingerprint density at radius 3 is 2.53 bits per heavy atom. The zero-order valence-electron chi connectivity index (χ0n) is 17.3. The van der Waals surface area contributed by atoms with Gasteiger partial charge in [0.1, 0.15) is 17.8 Å². The Balaban J connectivity index is 1.74. The number of aromatic amines is 1. The molecule has 0 fully saturated rings. The number of carbonyl (C=O) groups is 1. The number of likely N-dealkylation sites (N-methyl/N-ethyl adjacent to an activating group) is 1. The van der Waals surface area contributed by atoms with Crippen molar-refractivity contribution in [1.29, 1.82) is 0 Å². The smallest absolute Gasteiger partial charge is 0.245 e. The summed E-state index contributed by atoms with van der Waals surface area (Å²) in [6, 6.07) is 14.6. The maximum absolute atomic E-state index is 13.9. The molecule has 0 aliphatic carbocycles. The number of H-pyrrole nitrogens is 1. The molecule has 2 unspecified atom stereocenters. The fourth-order valence-corrected chi connectivity index (χ4v) is 4.23. The van der Waals surface area contributed by atoms with E-state index in [1.54, 1.807) is 13.4 Å². The van der Waals surface area contributed by atoms with E-state index in [-0.39, 0.29) is 11.9 Å². The van der Waals surface area contributed by atoms with Crippen LogP contribution in [0.15, 0.2) is 54.9 Å². The summed E-state index contributed by atoms with van der Waals surface area (Å²) in [5, 5.41) is 0.652. The van der Waals surface area contributed by atoms with Crippen molar-refractivity contribution in [2.24, 2.45) is 0 Å². The number of amides is 1. The van der Waals surface area contributed by atoms with Crippen molar-refractivity contribution in [3.8, 4) is 5.75 Å². The topological polar surface area (TPSA) is 61.5 Å². The molecule has 7 heteroatoms. The molecule has 0 saturated heterocycles. The number of halogens is 1. The van der Waals surface area contributed by atoms with Gasteiger partial charge in [0.05, 0.1) is 19.1 Å². The Hall–Kier alpha value is -2.83. The van der Waals surface area contributed by atoms with E-state index in [1.807, 2.05) is 72.4 Å². The average Bonchev–Trinajstić information content (AvgIpc) is 3.23. The van der Waals surface area contributed by atoms with Crippen LogP contribution in [0, 0.1) is 0 Å². The third-order valence-corrected chi connectivity index (χ3v) is 5.83. The first-order valence-corrected chi connectivity index (χ1v) is 10.3. The lowest BCUT2D eigenvalue weighted by Crippen LogP contribution is -2.46. The van der Waals surface area contributed by atoms with E-state index in [4.69, 9.17) is 16.3 Å². The standard InChI is InChI=1S/C23H25ClN4O2/c1-27(2)22(16-4-8-17(24)9-5-16)23(29)28-13-12-19-20(26-14-25-19)21(28)15-6-10-18(30-3)11-7-15/h4-11,14,21-22H,12-13H2,1-3H3,(H,25,26). The third kappa shape index (κ3) is 3.80. The summed E-state index contributed by atoms with van der Waals surface area (Å²) in [4.78, 5) is 25.5. The zero-order chi connectivity index (χ0) is 21.3. The molecular weight excluding hydrogens is 400 g/mol. The highest BCUT2D eigenvalue weighted by Gasteiger charge is 2.38. The predicted molar refractivity (Wildman–Crippen MR) is 117 cm³/mol. The molecule has 30 heavy (non-hydrogen) atoms. The number of nitrogens with zero attached hydrogens (tertiary/aromatic N) is 3. The van der Waals surface area contributed by atoms with Crippen molar-refractivity contribution in [3.63, 3.8) is 0 Å². The van der Waals surface area contributed by atoms with Crippen molar-refractivity contribution in [2.75, 3.05) is 27.7 Å². The van der Waals surface area contributed by atoms with Crippen molar-refractivity contribution in [3.05, 3.63) is 82.4 Å². The van der Waals surface area contributed by atoms with Crippen molar-refractivity contribution < 1.29 is 9.53 Å². The van der Waals surface area contributed by atoms with Crippen LogP contribution in [0.25, 0.3) is 0 Å². The van der Waals surface area contributed by atoms with Crippen LogP contribution in [0.5, 0.6) is 5.75 Å². The predicted octanol–water partition coefficient (Wildman–Crippen LogP) is 3.85. The number of aromatic nitrogens is 2. The van der Waals surface area contributed by atoms with Crippen LogP contribution in [0.3, 0.4) is 0 Å². The van der Waals surface area contributed by atoms with Crippen LogP contribution < -0.4 is 4.74 Å². The van der Waals surface area contributed by atoms with Gasteiger partial charge in [0.25, 0.3) is 0 Å². The molecule has 156 valence electrons. The maximum Gasteiger partial charge on any atom is 0.245 e. The molecular formula is C23H25ClN4O2. The van der Waals surface area contributed by atoms with E-state index >= 15 is 0 Å². The summed E-state index contributed by atoms with van der Waals surface area (Å²) >= 11 is 6.06. The van der Waals surface area contributed by atoms with E-state index in [2.05, 4.69) is 9.97 Å². The quantitative estimate of drug-likeness (QED) is 0.675. The van der Waals surface area contributed by atoms with Gasteiger partial charge in [-0.2, -0.15) is 0 Å². The van der Waals surface area contributed by atoms with E-state index in [9.17, 15) is 4.79 Å². The van der Waals surface area contributed by atoms with Crippen LogP contribution in [0.1, 0.15) is 34.6 Å². The Morgan fingerprint density at radius 1 is 1.20 bits per heavy atom. The monoisotopic (exact) mass is 424 g/mol. The van der Waals surface area contributed by atoms with Gasteiger partial charge in [-0.3, -0.25) is 9.69 Å². The lowest BCUT2D eigenvalue weighted by molar-refractivity contribution is -0.138. The first-order chi connectivity index (χ1) is 14.5. The van der Waals surface area contributed by atoms with Crippen LogP contribution in [0.4, 0.5) is 0 Å². The average molecular weight is 425 g/mol. The van der Waals surface area contributed by atoms with Crippen LogP contribution in [0.2, 0.25) is 5.02 Å². The first kappa shape index (κ1) is 20.4. The molecule has 1 aliphatic heterocycles. The Morgan fingerprint density at radius 2 is 1.90 bits per heavy atom. The maximum atomic E-state index is 13.9. The number of hydrogen-bond acceptors (Lipinski definition) is 4. The lowest BCUT2D eigenvalue weighted by Gasteiger charge is -2.39. The molecule has 0 spiro atoms. The van der Waals surface area contributed by atoms with Gasteiger partial charge in [-0.15, -0.1) is 0 Å². The van der Waals surface area contributed by atoms with Gasteiger partial charge >= 0.3 is 0 Å². The molecule has 4 rings (SSSR count). The summed E-state index contributed by atoms with van der Waals surface area (Å²) < 4.78 is 5.30. The molecule has 2 aromatic carbocycles. The van der Waals surface area contributed by atoms with Gasteiger partial charge < -0.3 is 14.6 Å². The number of ether oxygens (including phenoxy) is 1. The molecule has 0 bridgehead atoms. The molecule has 1 aliphatic rings. The molecule has 2 heterocycles. The van der Waals surface area contributed by atoms with Crippen LogP contribution in [-0.4, -0.2) is 53.4 Å². The van der Waals surface area contributed by atoms with Crippen LogP contribution in [-0.2, 0) is 11.2 Å². The number of nitrogens with one attached hydrogen (secondary N) is 1. The second-order valence-electron chi connectivity index (χ2n) is 7.64. The van der Waals surface area contributed by atoms with E-state index in [0.717, 1.165) is 34.7 Å². The van der Waals surface area contributed by atoms with Crippen molar-refractivity contribution >= 4 is 17.5 Å². The third-order valence-electron chi connectivity index (χ3n) is 5.58. The zero-order valence-corrected chi connectivity index (χ0v) is 18.1. The molecule has 0 saturated carbocycles. The minimum atomic E-state index is -0.413. The van der Waals surface area contributed by atoms with E-state index < -0.39 is 6.04 Å². The first-order valence-electron chi connectivity index (χ1n) is 9.88. The number of methoxy groups -OCH3 is 1. The molecule has 6 nitrogen and oxygen atoms in total. The SMILES string of the molecule is COc1ccc(C2c3nc[nH]c3CCN2C(=O)C(c2ccc(Cl)cc2)N(C)C)cc1. The fraction of sp³-hybridized carbons (Fsp3) is 0.304. The van der Waals surface area contributed by atoms with Gasteiger partial charge in [0, 0.05) is 23.7 Å². The normalized spacial score (nSPS) is 17.0. The number of imidazole rings is 1. The van der Waals surface area contributed by atoms with Gasteiger partial charge in [-0.05, 0) is 49.5 Å². The molecule has 0 radical (unpaired) electrons. The Kier molecular flexibility index (Phi) is 5.79. The largest absolute Gasteiger partial charge is 0.497 e. The highest BCUT2D eigenvalue weighted by Crippen LogP contribution is 2.36. The van der Waals surface area contributed by atoms with Crippen molar-refractivity contribution in [1.82, 2.24) is 19.8 Å².